The summed E-state index contributed by atoms with van der Waals surface area (Å²) in [5.41, 5.74) is 2.39. The van der Waals surface area contributed by atoms with Gasteiger partial charge >= 0.3 is 0 Å². The quantitative estimate of drug-likeness (QED) is 0.740. The third-order valence-corrected chi connectivity index (χ3v) is 5.09. The molecule has 0 bridgehead atoms. The van der Waals surface area contributed by atoms with Gasteiger partial charge in [-0.05, 0) is 12.1 Å². The van der Waals surface area contributed by atoms with Crippen LogP contribution < -0.4 is 5.32 Å². The fourth-order valence-electron chi connectivity index (χ4n) is 2.82. The maximum absolute atomic E-state index is 13.8. The van der Waals surface area contributed by atoms with Gasteiger partial charge in [0.1, 0.15) is 11.6 Å². The lowest BCUT2D eigenvalue weighted by Gasteiger charge is -2.06. The fourth-order valence-corrected chi connectivity index (χ4v) is 3.86. The number of aromatic nitrogens is 4. The molecule has 1 aliphatic rings. The Morgan fingerprint density at radius 1 is 1.38 bits per heavy atom. The molecule has 1 N–H and O–H groups in total. The minimum atomic E-state index is -0.416. The zero-order valence-corrected chi connectivity index (χ0v) is 14.8. The van der Waals surface area contributed by atoms with Crippen molar-refractivity contribution in [2.75, 3.05) is 5.32 Å². The standard InChI is InChI=1S/C17H16FN5O2S/c1-23-17(11-8-26-9-13(11)21-23)19-14(24)6-7-15-20-16(22-25-15)10-4-2-3-5-12(10)18/h2-5H,6-9H2,1H3,(H,19,24). The van der Waals surface area contributed by atoms with Crippen LogP contribution >= 0.6 is 11.8 Å². The maximum Gasteiger partial charge on any atom is 0.227 e. The summed E-state index contributed by atoms with van der Waals surface area (Å²) in [6.07, 6.45) is 0.466. The lowest BCUT2D eigenvalue weighted by molar-refractivity contribution is -0.116. The number of benzene rings is 1. The summed E-state index contributed by atoms with van der Waals surface area (Å²) in [5, 5.41) is 11.1. The van der Waals surface area contributed by atoms with Crippen molar-refractivity contribution in [1.29, 1.82) is 0 Å². The van der Waals surface area contributed by atoms with E-state index < -0.39 is 5.82 Å². The smallest absolute Gasteiger partial charge is 0.227 e. The Morgan fingerprint density at radius 2 is 2.23 bits per heavy atom. The topological polar surface area (TPSA) is 85.8 Å². The highest BCUT2D eigenvalue weighted by Gasteiger charge is 2.22. The monoisotopic (exact) mass is 373 g/mol. The van der Waals surface area contributed by atoms with Crippen LogP contribution in [0, 0.1) is 5.82 Å². The molecule has 0 saturated carbocycles. The molecule has 7 nitrogen and oxygen atoms in total. The number of anilines is 1. The Kier molecular flexibility index (Phi) is 4.46. The van der Waals surface area contributed by atoms with Gasteiger partial charge < -0.3 is 9.84 Å². The number of hydrogen-bond acceptors (Lipinski definition) is 6. The van der Waals surface area contributed by atoms with Gasteiger partial charge in [-0.15, -0.1) is 0 Å². The van der Waals surface area contributed by atoms with Crippen LogP contribution in [-0.4, -0.2) is 25.8 Å². The molecule has 0 spiro atoms. The molecule has 26 heavy (non-hydrogen) atoms. The zero-order valence-electron chi connectivity index (χ0n) is 14.0. The summed E-state index contributed by atoms with van der Waals surface area (Å²) < 4.78 is 20.6. The molecule has 134 valence electrons. The molecule has 9 heteroatoms. The van der Waals surface area contributed by atoms with E-state index in [-0.39, 0.29) is 30.1 Å². The number of fused-ring (bicyclic) bond motifs is 1. The van der Waals surface area contributed by atoms with Gasteiger partial charge in [0.2, 0.25) is 17.6 Å². The Morgan fingerprint density at radius 3 is 3.08 bits per heavy atom. The fraction of sp³-hybridized carbons (Fsp3) is 0.294. The molecule has 0 fully saturated rings. The lowest BCUT2D eigenvalue weighted by Crippen LogP contribution is -2.16. The first-order valence-electron chi connectivity index (χ1n) is 8.11. The number of nitrogens with zero attached hydrogens (tertiary/aromatic N) is 4. The van der Waals surface area contributed by atoms with Gasteiger partial charge in [-0.1, -0.05) is 17.3 Å². The average Bonchev–Trinajstić information content (AvgIpc) is 3.32. The predicted molar refractivity (Wildman–Crippen MR) is 94.8 cm³/mol. The second-order valence-corrected chi connectivity index (χ2v) is 6.92. The third kappa shape index (κ3) is 3.22. The number of rotatable bonds is 5. The number of hydrogen-bond donors (Lipinski definition) is 1. The molecule has 0 radical (unpaired) electrons. The Bertz CT molecular complexity index is 968. The zero-order chi connectivity index (χ0) is 18.1. The van der Waals surface area contributed by atoms with Crippen molar-refractivity contribution >= 4 is 23.5 Å². The van der Waals surface area contributed by atoms with E-state index in [1.54, 1.807) is 34.6 Å². The van der Waals surface area contributed by atoms with Crippen LogP contribution in [0.4, 0.5) is 10.2 Å². The van der Waals surface area contributed by atoms with Gasteiger partial charge in [0.15, 0.2) is 0 Å². The van der Waals surface area contributed by atoms with Crippen LogP contribution in [-0.2, 0) is 29.8 Å². The molecule has 2 aromatic heterocycles. The average molecular weight is 373 g/mol. The van der Waals surface area contributed by atoms with Gasteiger partial charge in [-0.3, -0.25) is 9.48 Å². The minimum Gasteiger partial charge on any atom is -0.339 e. The van der Waals surface area contributed by atoms with Crippen LogP contribution in [0.2, 0.25) is 0 Å². The predicted octanol–water partition coefficient (Wildman–Crippen LogP) is 2.93. The van der Waals surface area contributed by atoms with Crippen molar-refractivity contribution < 1.29 is 13.7 Å². The van der Waals surface area contributed by atoms with Crippen molar-refractivity contribution in [2.45, 2.75) is 24.3 Å². The molecule has 1 aliphatic heterocycles. The molecule has 0 unspecified atom stereocenters. The SMILES string of the molecule is Cn1nc2c(c1NC(=O)CCc1nc(-c3ccccc3F)no1)CSC2. The summed E-state index contributed by atoms with van der Waals surface area (Å²) in [4.78, 5) is 16.4. The Balaban J connectivity index is 1.39. The number of carbonyl (C=O) groups is 1. The van der Waals surface area contributed by atoms with Crippen molar-refractivity contribution in [3.05, 3.63) is 47.2 Å². The van der Waals surface area contributed by atoms with Crippen molar-refractivity contribution in [3.8, 4) is 11.4 Å². The van der Waals surface area contributed by atoms with Gasteiger partial charge in [-0.25, -0.2) is 4.39 Å². The largest absolute Gasteiger partial charge is 0.339 e. The number of thioether (sulfide) groups is 1. The molecule has 1 aromatic carbocycles. The number of amides is 1. The summed E-state index contributed by atoms with van der Waals surface area (Å²) in [5.74, 6) is 2.38. The summed E-state index contributed by atoms with van der Waals surface area (Å²) >= 11 is 1.78. The molecule has 3 aromatic rings. The second-order valence-electron chi connectivity index (χ2n) is 5.93. The molecular formula is C17H16FN5O2S. The highest BCUT2D eigenvalue weighted by Crippen LogP contribution is 2.34. The molecule has 1 amide bonds. The number of halogens is 1. The van der Waals surface area contributed by atoms with E-state index in [0.717, 1.165) is 28.6 Å². The molecule has 0 aliphatic carbocycles. The van der Waals surface area contributed by atoms with E-state index in [0.29, 0.717) is 5.89 Å². The van der Waals surface area contributed by atoms with Crippen molar-refractivity contribution in [3.63, 3.8) is 0 Å². The van der Waals surface area contributed by atoms with E-state index in [1.807, 2.05) is 7.05 Å². The summed E-state index contributed by atoms with van der Waals surface area (Å²) in [6.45, 7) is 0. The van der Waals surface area contributed by atoms with E-state index in [1.165, 1.54) is 6.07 Å². The van der Waals surface area contributed by atoms with Crippen molar-refractivity contribution in [2.24, 2.45) is 7.05 Å². The van der Waals surface area contributed by atoms with Crippen molar-refractivity contribution in [1.82, 2.24) is 19.9 Å². The Hall–Kier alpha value is -2.68. The first-order chi connectivity index (χ1) is 12.6. The third-order valence-electron chi connectivity index (χ3n) is 4.12. The highest BCUT2D eigenvalue weighted by atomic mass is 32.2. The maximum atomic E-state index is 13.8. The van der Waals surface area contributed by atoms with Crippen LogP contribution in [0.1, 0.15) is 23.6 Å². The molecule has 0 saturated heterocycles. The van der Waals surface area contributed by atoms with Crippen LogP contribution in [0.15, 0.2) is 28.8 Å². The number of aryl methyl sites for hydroxylation is 2. The lowest BCUT2D eigenvalue weighted by atomic mass is 10.2. The van der Waals surface area contributed by atoms with E-state index in [2.05, 4.69) is 20.6 Å². The van der Waals surface area contributed by atoms with Gasteiger partial charge in [0.25, 0.3) is 0 Å². The molecule has 4 rings (SSSR count). The molecular weight excluding hydrogens is 357 g/mol. The van der Waals surface area contributed by atoms with Gasteiger partial charge in [0.05, 0.1) is 11.3 Å². The van der Waals surface area contributed by atoms with E-state index in [4.69, 9.17) is 4.52 Å². The molecule has 0 atom stereocenters. The van der Waals surface area contributed by atoms with Gasteiger partial charge in [0, 0.05) is 37.0 Å². The molecule has 3 heterocycles. The summed E-state index contributed by atoms with van der Waals surface area (Å²) in [6, 6.07) is 6.21. The summed E-state index contributed by atoms with van der Waals surface area (Å²) in [7, 11) is 1.82. The van der Waals surface area contributed by atoms with Gasteiger partial charge in [-0.2, -0.15) is 21.8 Å². The number of nitrogens with one attached hydrogen (secondary N) is 1. The number of carbonyl (C=O) groups excluding carboxylic acids is 1. The second kappa shape index (κ2) is 6.91. The highest BCUT2D eigenvalue weighted by molar-refractivity contribution is 7.98. The van der Waals surface area contributed by atoms with Crippen LogP contribution in [0.25, 0.3) is 11.4 Å². The van der Waals surface area contributed by atoms with E-state index in [9.17, 15) is 9.18 Å². The first kappa shape index (κ1) is 16.8. The minimum absolute atomic E-state index is 0.154. The van der Waals surface area contributed by atoms with Crippen LogP contribution in [0.5, 0.6) is 0 Å². The Labute approximate surface area is 153 Å². The van der Waals surface area contributed by atoms with Crippen LogP contribution in [0.3, 0.4) is 0 Å². The normalized spacial score (nSPS) is 13.0. The van der Waals surface area contributed by atoms with E-state index >= 15 is 0 Å². The first-order valence-corrected chi connectivity index (χ1v) is 9.27.